The number of hydrogen-bond donors (Lipinski definition) is 0. The van der Waals surface area contributed by atoms with Crippen LogP contribution in [0.5, 0.6) is 0 Å². The lowest BCUT2D eigenvalue weighted by atomic mass is 10.3. The van der Waals surface area contributed by atoms with Crippen LogP contribution in [0, 0.1) is 0 Å². The molecule has 0 saturated carbocycles. The zero-order chi connectivity index (χ0) is 7.02. The predicted molar refractivity (Wildman–Crippen MR) is 40.5 cm³/mol. The highest BCUT2D eigenvalue weighted by atomic mass is 15.4. The van der Waals surface area contributed by atoms with E-state index in [4.69, 9.17) is 0 Å². The molecule has 54 valence electrons. The van der Waals surface area contributed by atoms with E-state index < -0.39 is 0 Å². The number of nitrogens with zero attached hydrogens (tertiary/aromatic N) is 1. The highest BCUT2D eigenvalue weighted by molar-refractivity contribution is 4.99. The Hall–Kier alpha value is -0.0400. The van der Waals surface area contributed by atoms with E-state index in [1.54, 1.807) is 0 Å². The van der Waals surface area contributed by atoms with E-state index in [1.165, 1.54) is 6.42 Å². The first-order valence-electron chi connectivity index (χ1n) is 3.96. The molecule has 0 aromatic carbocycles. The first-order valence-corrected chi connectivity index (χ1v) is 3.96. The summed E-state index contributed by atoms with van der Waals surface area (Å²) in [5.41, 5.74) is 0. The van der Waals surface area contributed by atoms with Crippen molar-refractivity contribution in [2.75, 3.05) is 0 Å². The van der Waals surface area contributed by atoms with Crippen LogP contribution >= 0.6 is 0 Å². The van der Waals surface area contributed by atoms with Crippen molar-refractivity contribution in [3.63, 3.8) is 0 Å². The number of hydrogen-bond acceptors (Lipinski definition) is 1. The Morgan fingerprint density at radius 1 is 1.44 bits per heavy atom. The summed E-state index contributed by atoms with van der Waals surface area (Å²) < 4.78 is 0. The quantitative estimate of drug-likeness (QED) is 0.512. The smallest absolute Gasteiger partial charge is 0.0252 e. The van der Waals surface area contributed by atoms with Crippen LogP contribution in [-0.2, 0) is 0 Å². The van der Waals surface area contributed by atoms with Crippen LogP contribution in [-0.4, -0.2) is 23.0 Å². The molecule has 9 heavy (non-hydrogen) atoms. The van der Waals surface area contributed by atoms with Crippen molar-refractivity contribution >= 4 is 0 Å². The third kappa shape index (κ3) is 1.11. The molecule has 1 nitrogen and oxygen atoms in total. The monoisotopic (exact) mass is 127 g/mol. The van der Waals surface area contributed by atoms with Crippen molar-refractivity contribution in [3.05, 3.63) is 0 Å². The lowest BCUT2D eigenvalue weighted by molar-refractivity contribution is 0.399. The molecule has 1 heterocycles. The first kappa shape index (κ1) is 7.07. The Bertz CT molecular complexity index is 98.7. The highest BCUT2D eigenvalue weighted by Crippen LogP contribution is 2.32. The number of rotatable bonds is 2. The molecule has 0 aliphatic carbocycles. The van der Waals surface area contributed by atoms with Gasteiger partial charge in [-0.05, 0) is 27.2 Å². The summed E-state index contributed by atoms with van der Waals surface area (Å²) in [6.07, 6.45) is 1.32. The minimum atomic E-state index is 0.755. The topological polar surface area (TPSA) is 3.01 Å². The Morgan fingerprint density at radius 3 is 2.11 bits per heavy atom. The Morgan fingerprint density at radius 2 is 2.00 bits per heavy atom. The second kappa shape index (κ2) is 2.30. The van der Waals surface area contributed by atoms with Crippen LogP contribution in [0.2, 0.25) is 0 Å². The highest BCUT2D eigenvalue weighted by Gasteiger charge is 2.43. The molecule has 0 bridgehead atoms. The summed E-state index contributed by atoms with van der Waals surface area (Å²) in [5.74, 6) is 0. The maximum atomic E-state index is 2.56. The normalized spacial score (nSPS) is 41.7. The van der Waals surface area contributed by atoms with Crippen molar-refractivity contribution in [3.8, 4) is 0 Å². The van der Waals surface area contributed by atoms with Crippen molar-refractivity contribution in [1.29, 1.82) is 0 Å². The second-order valence-corrected chi connectivity index (χ2v) is 3.26. The summed E-state index contributed by atoms with van der Waals surface area (Å²) in [7, 11) is 0. The largest absolute Gasteiger partial charge is 0.292 e. The minimum absolute atomic E-state index is 0.755. The zero-order valence-corrected chi connectivity index (χ0v) is 6.89. The Balaban J connectivity index is 2.33. The maximum absolute atomic E-state index is 2.56. The van der Waals surface area contributed by atoms with Crippen molar-refractivity contribution in [1.82, 2.24) is 4.90 Å². The van der Waals surface area contributed by atoms with E-state index in [2.05, 4.69) is 32.6 Å². The summed E-state index contributed by atoms with van der Waals surface area (Å²) in [4.78, 5) is 2.56. The summed E-state index contributed by atoms with van der Waals surface area (Å²) in [5, 5.41) is 0. The van der Waals surface area contributed by atoms with Crippen LogP contribution in [0.4, 0.5) is 0 Å². The Labute approximate surface area is 58.0 Å². The van der Waals surface area contributed by atoms with Gasteiger partial charge in [-0.3, -0.25) is 4.90 Å². The standard InChI is InChI=1S/C8H17N/c1-5-8-7(4)9(8)6(2)3/h6-8H,5H2,1-4H3. The molecule has 1 fully saturated rings. The van der Waals surface area contributed by atoms with Crippen LogP contribution in [0.3, 0.4) is 0 Å². The summed E-state index contributed by atoms with van der Waals surface area (Å²) in [6.45, 7) is 9.12. The van der Waals surface area contributed by atoms with E-state index in [0.29, 0.717) is 0 Å². The molecule has 0 aromatic rings. The van der Waals surface area contributed by atoms with E-state index >= 15 is 0 Å². The fourth-order valence-electron chi connectivity index (χ4n) is 1.84. The molecule has 1 rings (SSSR count). The third-order valence-corrected chi connectivity index (χ3v) is 2.33. The molecule has 0 spiro atoms. The van der Waals surface area contributed by atoms with E-state index in [-0.39, 0.29) is 0 Å². The van der Waals surface area contributed by atoms with Gasteiger partial charge in [-0.1, -0.05) is 6.92 Å². The van der Waals surface area contributed by atoms with E-state index in [0.717, 1.165) is 18.1 Å². The molecule has 3 unspecified atom stereocenters. The molecule has 0 radical (unpaired) electrons. The molecule has 3 atom stereocenters. The second-order valence-electron chi connectivity index (χ2n) is 3.26. The Kier molecular flexibility index (Phi) is 1.80. The fourth-order valence-corrected chi connectivity index (χ4v) is 1.84. The van der Waals surface area contributed by atoms with Gasteiger partial charge < -0.3 is 0 Å². The first-order chi connectivity index (χ1) is 4.18. The van der Waals surface area contributed by atoms with Gasteiger partial charge in [-0.2, -0.15) is 0 Å². The third-order valence-electron chi connectivity index (χ3n) is 2.33. The van der Waals surface area contributed by atoms with Gasteiger partial charge in [0, 0.05) is 18.1 Å². The van der Waals surface area contributed by atoms with Crippen LogP contribution in [0.25, 0.3) is 0 Å². The fraction of sp³-hybridized carbons (Fsp3) is 1.00. The predicted octanol–water partition coefficient (Wildman–Crippen LogP) is 1.88. The van der Waals surface area contributed by atoms with Gasteiger partial charge in [0.15, 0.2) is 0 Å². The van der Waals surface area contributed by atoms with Crippen LogP contribution < -0.4 is 0 Å². The van der Waals surface area contributed by atoms with Gasteiger partial charge in [0.1, 0.15) is 0 Å². The zero-order valence-electron chi connectivity index (χ0n) is 6.89. The maximum Gasteiger partial charge on any atom is 0.0252 e. The lowest BCUT2D eigenvalue weighted by Gasteiger charge is -2.05. The average molecular weight is 127 g/mol. The van der Waals surface area contributed by atoms with Gasteiger partial charge in [-0.15, -0.1) is 0 Å². The van der Waals surface area contributed by atoms with Crippen molar-refractivity contribution < 1.29 is 0 Å². The lowest BCUT2D eigenvalue weighted by Crippen LogP contribution is -2.12. The van der Waals surface area contributed by atoms with Crippen LogP contribution in [0.15, 0.2) is 0 Å². The van der Waals surface area contributed by atoms with Crippen molar-refractivity contribution in [2.24, 2.45) is 0 Å². The molecule has 0 aromatic heterocycles. The minimum Gasteiger partial charge on any atom is -0.292 e. The summed E-state index contributed by atoms with van der Waals surface area (Å²) in [6, 6.07) is 2.50. The molecule has 0 N–H and O–H groups in total. The molecule has 1 saturated heterocycles. The molecular weight excluding hydrogens is 110 g/mol. The molecule has 1 aliphatic rings. The van der Waals surface area contributed by atoms with Crippen LogP contribution in [0.1, 0.15) is 34.1 Å². The van der Waals surface area contributed by atoms with E-state index in [1.807, 2.05) is 0 Å². The van der Waals surface area contributed by atoms with Gasteiger partial charge >= 0.3 is 0 Å². The molecular formula is C8H17N. The van der Waals surface area contributed by atoms with Gasteiger partial charge in [0.05, 0.1) is 0 Å². The van der Waals surface area contributed by atoms with Gasteiger partial charge in [0.25, 0.3) is 0 Å². The van der Waals surface area contributed by atoms with Crippen molar-refractivity contribution in [2.45, 2.75) is 52.2 Å². The van der Waals surface area contributed by atoms with Gasteiger partial charge in [0.2, 0.25) is 0 Å². The average Bonchev–Trinajstić information content (AvgIpc) is 2.40. The SMILES string of the molecule is CCC1C(C)N1C(C)C. The van der Waals surface area contributed by atoms with Gasteiger partial charge in [-0.25, -0.2) is 0 Å². The summed E-state index contributed by atoms with van der Waals surface area (Å²) >= 11 is 0. The molecule has 0 amide bonds. The molecule has 1 heteroatoms. The van der Waals surface area contributed by atoms with E-state index in [9.17, 15) is 0 Å². The molecule has 1 aliphatic heterocycles.